The van der Waals surface area contributed by atoms with E-state index in [1.165, 1.54) is 0 Å². The molecule has 0 bridgehead atoms. The van der Waals surface area contributed by atoms with E-state index in [9.17, 15) is 0 Å². The highest BCUT2D eigenvalue weighted by Gasteiger charge is 2.12. The summed E-state index contributed by atoms with van der Waals surface area (Å²) in [5.74, 6) is 0.397. The zero-order chi connectivity index (χ0) is 11.4. The first-order valence-corrected chi connectivity index (χ1v) is 4.98. The first kappa shape index (κ1) is 11.9. The van der Waals surface area contributed by atoms with E-state index in [0.717, 1.165) is 11.3 Å². The number of ether oxygens (including phenoxy) is 1. The summed E-state index contributed by atoms with van der Waals surface area (Å²) in [6.45, 7) is 3.88. The Morgan fingerprint density at radius 3 is 2.80 bits per heavy atom. The minimum Gasteiger partial charge on any atom is -0.475 e. The largest absolute Gasteiger partial charge is 0.475 e. The fraction of sp³-hybridized carbons (Fsp3) is 0.400. The van der Waals surface area contributed by atoms with Crippen molar-refractivity contribution < 1.29 is 9.84 Å². The van der Waals surface area contributed by atoms with Crippen LogP contribution in [0.15, 0.2) is 6.07 Å². The Bertz CT molecular complexity index is 380. The Kier molecular flexibility index (Phi) is 3.99. The lowest BCUT2D eigenvalue weighted by Gasteiger charge is -2.11. The molecule has 0 spiro atoms. The minimum atomic E-state index is -0.0640. The van der Waals surface area contributed by atoms with Crippen LogP contribution >= 0.6 is 12.2 Å². The van der Waals surface area contributed by atoms with Crippen molar-refractivity contribution in [1.29, 1.82) is 0 Å². The fourth-order valence-corrected chi connectivity index (χ4v) is 1.60. The first-order chi connectivity index (χ1) is 7.06. The molecule has 3 N–H and O–H groups in total. The van der Waals surface area contributed by atoms with E-state index in [0.29, 0.717) is 11.4 Å². The van der Waals surface area contributed by atoms with Crippen LogP contribution in [0.5, 0.6) is 5.88 Å². The van der Waals surface area contributed by atoms with Gasteiger partial charge in [-0.15, -0.1) is 0 Å². The second kappa shape index (κ2) is 5.04. The summed E-state index contributed by atoms with van der Waals surface area (Å²) in [6, 6.07) is 1.89. The van der Waals surface area contributed by atoms with E-state index in [4.69, 9.17) is 27.8 Å². The van der Waals surface area contributed by atoms with Gasteiger partial charge in [0.1, 0.15) is 11.6 Å². The third-order valence-electron chi connectivity index (χ3n) is 1.89. The third-order valence-corrected chi connectivity index (χ3v) is 2.09. The molecular formula is C10H14N2O2S. The predicted molar refractivity (Wildman–Crippen MR) is 62.2 cm³/mol. The van der Waals surface area contributed by atoms with E-state index in [1.54, 1.807) is 0 Å². The van der Waals surface area contributed by atoms with Crippen LogP contribution in [0.4, 0.5) is 0 Å². The van der Waals surface area contributed by atoms with Crippen LogP contribution in [0.3, 0.4) is 0 Å². The highest BCUT2D eigenvalue weighted by Crippen LogP contribution is 2.20. The number of nitrogens with zero attached hydrogens (tertiary/aromatic N) is 1. The summed E-state index contributed by atoms with van der Waals surface area (Å²) in [5.41, 5.74) is 8.00. The number of aromatic nitrogens is 1. The smallest absolute Gasteiger partial charge is 0.224 e. The van der Waals surface area contributed by atoms with Gasteiger partial charge in [0, 0.05) is 5.69 Å². The molecular weight excluding hydrogens is 212 g/mol. The van der Waals surface area contributed by atoms with Crippen LogP contribution in [0.25, 0.3) is 0 Å². The molecule has 1 aromatic heterocycles. The standard InChI is InChI=1S/C10H14N2O2S/c1-6-5-7(2)12-10(14-4-3-13)8(6)9(11)15/h5,13H,3-4H2,1-2H3,(H2,11,15). The SMILES string of the molecule is Cc1cc(C)c(C(N)=S)c(OCCO)n1. The van der Waals surface area contributed by atoms with Gasteiger partial charge in [0.15, 0.2) is 0 Å². The summed E-state index contributed by atoms with van der Waals surface area (Å²) < 4.78 is 5.28. The number of aliphatic hydroxyl groups is 1. The fourth-order valence-electron chi connectivity index (χ4n) is 1.35. The van der Waals surface area contributed by atoms with Crippen molar-refractivity contribution in [2.45, 2.75) is 13.8 Å². The van der Waals surface area contributed by atoms with Crippen LogP contribution in [0, 0.1) is 13.8 Å². The molecule has 4 nitrogen and oxygen atoms in total. The minimum absolute atomic E-state index is 0.0640. The molecule has 1 rings (SSSR count). The normalized spacial score (nSPS) is 10.1. The van der Waals surface area contributed by atoms with Crippen LogP contribution < -0.4 is 10.5 Å². The predicted octanol–water partition coefficient (Wildman–Crippen LogP) is 0.704. The number of hydrogen-bond acceptors (Lipinski definition) is 4. The van der Waals surface area contributed by atoms with E-state index < -0.39 is 0 Å². The molecule has 0 aliphatic carbocycles. The van der Waals surface area contributed by atoms with E-state index in [1.807, 2.05) is 19.9 Å². The second-order valence-electron chi connectivity index (χ2n) is 3.20. The summed E-state index contributed by atoms with van der Waals surface area (Å²) in [6.07, 6.45) is 0. The zero-order valence-electron chi connectivity index (χ0n) is 8.78. The lowest BCUT2D eigenvalue weighted by atomic mass is 10.1. The molecule has 1 aromatic rings. The van der Waals surface area contributed by atoms with Crippen LogP contribution in [0.1, 0.15) is 16.8 Å². The Morgan fingerprint density at radius 2 is 2.27 bits per heavy atom. The number of hydrogen-bond donors (Lipinski definition) is 2. The van der Waals surface area contributed by atoms with Crippen molar-refractivity contribution in [2.24, 2.45) is 5.73 Å². The topological polar surface area (TPSA) is 68.4 Å². The highest BCUT2D eigenvalue weighted by atomic mass is 32.1. The molecule has 0 radical (unpaired) electrons. The summed E-state index contributed by atoms with van der Waals surface area (Å²) in [5, 5.41) is 8.68. The summed E-state index contributed by atoms with van der Waals surface area (Å²) in [4.78, 5) is 4.45. The molecule has 5 heteroatoms. The van der Waals surface area contributed by atoms with Crippen molar-refractivity contribution in [3.63, 3.8) is 0 Å². The van der Waals surface area contributed by atoms with E-state index >= 15 is 0 Å². The molecule has 0 aliphatic heterocycles. The number of rotatable bonds is 4. The van der Waals surface area contributed by atoms with Crippen molar-refractivity contribution in [3.8, 4) is 5.88 Å². The van der Waals surface area contributed by atoms with Gasteiger partial charge in [-0.05, 0) is 25.5 Å². The van der Waals surface area contributed by atoms with Gasteiger partial charge in [-0.3, -0.25) is 0 Å². The maximum absolute atomic E-state index is 8.68. The molecule has 0 atom stereocenters. The maximum Gasteiger partial charge on any atom is 0.224 e. The van der Waals surface area contributed by atoms with Gasteiger partial charge in [-0.1, -0.05) is 12.2 Å². The lowest BCUT2D eigenvalue weighted by Crippen LogP contribution is -2.16. The van der Waals surface area contributed by atoms with E-state index in [2.05, 4.69) is 4.98 Å². The summed E-state index contributed by atoms with van der Waals surface area (Å²) >= 11 is 4.93. The van der Waals surface area contributed by atoms with Crippen LogP contribution in [-0.4, -0.2) is 28.3 Å². The molecule has 0 unspecified atom stereocenters. The maximum atomic E-state index is 8.68. The highest BCUT2D eigenvalue weighted by molar-refractivity contribution is 7.80. The Morgan fingerprint density at radius 1 is 1.60 bits per heavy atom. The quantitative estimate of drug-likeness (QED) is 0.740. The molecule has 1 heterocycles. The molecule has 0 amide bonds. The number of pyridine rings is 1. The van der Waals surface area contributed by atoms with Gasteiger partial charge < -0.3 is 15.6 Å². The van der Waals surface area contributed by atoms with Crippen molar-refractivity contribution >= 4 is 17.2 Å². The summed E-state index contributed by atoms with van der Waals surface area (Å²) in [7, 11) is 0. The monoisotopic (exact) mass is 226 g/mol. The van der Waals surface area contributed by atoms with Crippen molar-refractivity contribution in [2.75, 3.05) is 13.2 Å². The molecule has 0 saturated heterocycles. The molecule has 0 aliphatic rings. The number of aliphatic hydroxyl groups excluding tert-OH is 1. The Labute approximate surface area is 94.1 Å². The first-order valence-electron chi connectivity index (χ1n) is 4.58. The molecule has 0 aromatic carbocycles. The van der Waals surface area contributed by atoms with Gasteiger partial charge in [0.2, 0.25) is 5.88 Å². The van der Waals surface area contributed by atoms with Gasteiger partial charge in [-0.25, -0.2) is 4.98 Å². The third kappa shape index (κ3) is 2.87. The average molecular weight is 226 g/mol. The Balaban J connectivity index is 3.14. The zero-order valence-corrected chi connectivity index (χ0v) is 9.60. The van der Waals surface area contributed by atoms with Crippen LogP contribution in [0.2, 0.25) is 0 Å². The average Bonchev–Trinajstić information content (AvgIpc) is 2.12. The lowest BCUT2D eigenvalue weighted by molar-refractivity contribution is 0.196. The van der Waals surface area contributed by atoms with Crippen molar-refractivity contribution in [1.82, 2.24) is 4.98 Å². The molecule has 0 fully saturated rings. The number of thiocarbonyl (C=S) groups is 1. The molecule has 0 saturated carbocycles. The molecule has 15 heavy (non-hydrogen) atoms. The number of aryl methyl sites for hydroxylation is 2. The second-order valence-corrected chi connectivity index (χ2v) is 3.64. The van der Waals surface area contributed by atoms with Crippen molar-refractivity contribution in [3.05, 3.63) is 22.9 Å². The molecule has 82 valence electrons. The Hall–Kier alpha value is -1.20. The number of nitrogens with two attached hydrogens (primary N) is 1. The van der Waals surface area contributed by atoms with Gasteiger partial charge in [0.05, 0.1) is 12.2 Å². The van der Waals surface area contributed by atoms with Gasteiger partial charge in [-0.2, -0.15) is 0 Å². The van der Waals surface area contributed by atoms with Gasteiger partial charge in [0.25, 0.3) is 0 Å². The van der Waals surface area contributed by atoms with E-state index in [-0.39, 0.29) is 18.2 Å². The van der Waals surface area contributed by atoms with Gasteiger partial charge >= 0.3 is 0 Å². The van der Waals surface area contributed by atoms with Crippen LogP contribution in [-0.2, 0) is 0 Å².